The molecule has 0 aromatic rings. The van der Waals surface area contributed by atoms with Gasteiger partial charge in [0.1, 0.15) is 0 Å². The Morgan fingerprint density at radius 1 is 1.21 bits per heavy atom. The number of hydrogen-bond donors (Lipinski definition) is 1. The Balaban J connectivity index is 2.68. The zero-order chi connectivity index (χ0) is 10.8. The van der Waals surface area contributed by atoms with Crippen LogP contribution in [0.3, 0.4) is 0 Å². The number of rotatable bonds is 3. The molecule has 0 heterocycles. The van der Waals surface area contributed by atoms with Crippen LogP contribution in [0.5, 0.6) is 0 Å². The quantitative estimate of drug-likeness (QED) is 0.733. The standard InChI is InChI=1S/C13H27N/c1-5-11(2)10-13(14)9-7-6-8-12(13,3)4/h11H,5-10,14H2,1-4H3. The van der Waals surface area contributed by atoms with Gasteiger partial charge in [-0.2, -0.15) is 0 Å². The minimum absolute atomic E-state index is 0.0979. The predicted molar refractivity (Wildman–Crippen MR) is 63.2 cm³/mol. The Bertz CT molecular complexity index is 186. The molecule has 2 N–H and O–H groups in total. The number of nitrogens with two attached hydrogens (primary N) is 1. The summed E-state index contributed by atoms with van der Waals surface area (Å²) in [5.41, 5.74) is 7.05. The molecule has 14 heavy (non-hydrogen) atoms. The summed E-state index contributed by atoms with van der Waals surface area (Å²) < 4.78 is 0. The van der Waals surface area contributed by atoms with Crippen molar-refractivity contribution in [3.63, 3.8) is 0 Å². The molecular weight excluding hydrogens is 170 g/mol. The molecule has 1 aliphatic rings. The van der Waals surface area contributed by atoms with Crippen LogP contribution in [-0.4, -0.2) is 5.54 Å². The van der Waals surface area contributed by atoms with E-state index in [1.54, 1.807) is 0 Å². The van der Waals surface area contributed by atoms with E-state index in [0.29, 0.717) is 5.41 Å². The van der Waals surface area contributed by atoms with Gasteiger partial charge in [-0.3, -0.25) is 0 Å². The van der Waals surface area contributed by atoms with Gasteiger partial charge in [0.15, 0.2) is 0 Å². The Hall–Kier alpha value is -0.0400. The van der Waals surface area contributed by atoms with Gasteiger partial charge in [-0.1, -0.05) is 47.0 Å². The van der Waals surface area contributed by atoms with Crippen molar-refractivity contribution in [2.75, 3.05) is 0 Å². The molecule has 1 fully saturated rings. The Morgan fingerprint density at radius 2 is 1.79 bits per heavy atom. The van der Waals surface area contributed by atoms with Crippen LogP contribution in [0.15, 0.2) is 0 Å². The van der Waals surface area contributed by atoms with Crippen molar-refractivity contribution in [1.29, 1.82) is 0 Å². The van der Waals surface area contributed by atoms with Gasteiger partial charge in [-0.05, 0) is 30.6 Å². The highest BCUT2D eigenvalue weighted by Crippen LogP contribution is 2.45. The van der Waals surface area contributed by atoms with Crippen molar-refractivity contribution < 1.29 is 0 Å². The smallest absolute Gasteiger partial charge is 0.0208 e. The Morgan fingerprint density at radius 3 is 2.29 bits per heavy atom. The van der Waals surface area contributed by atoms with Gasteiger partial charge >= 0.3 is 0 Å². The molecule has 2 unspecified atom stereocenters. The lowest BCUT2D eigenvalue weighted by Gasteiger charge is -2.49. The van der Waals surface area contributed by atoms with E-state index in [1.165, 1.54) is 38.5 Å². The van der Waals surface area contributed by atoms with Crippen LogP contribution in [0.4, 0.5) is 0 Å². The molecule has 0 aromatic heterocycles. The fourth-order valence-electron chi connectivity index (χ4n) is 2.74. The average molecular weight is 197 g/mol. The van der Waals surface area contributed by atoms with Crippen molar-refractivity contribution in [3.05, 3.63) is 0 Å². The fraction of sp³-hybridized carbons (Fsp3) is 1.00. The molecule has 0 amide bonds. The second-order valence-corrected chi connectivity index (χ2v) is 5.96. The van der Waals surface area contributed by atoms with Crippen LogP contribution in [0, 0.1) is 11.3 Å². The second kappa shape index (κ2) is 4.22. The van der Waals surface area contributed by atoms with Gasteiger partial charge in [-0.15, -0.1) is 0 Å². The van der Waals surface area contributed by atoms with Crippen LogP contribution in [0.25, 0.3) is 0 Å². The molecule has 0 aromatic carbocycles. The SMILES string of the molecule is CCC(C)CC1(N)CCCCC1(C)C. The minimum atomic E-state index is 0.0979. The van der Waals surface area contributed by atoms with Crippen molar-refractivity contribution in [3.8, 4) is 0 Å². The summed E-state index contributed by atoms with van der Waals surface area (Å²) >= 11 is 0. The monoisotopic (exact) mass is 197 g/mol. The molecule has 0 aliphatic heterocycles. The second-order valence-electron chi connectivity index (χ2n) is 5.96. The molecule has 1 aliphatic carbocycles. The van der Waals surface area contributed by atoms with E-state index in [0.717, 1.165) is 5.92 Å². The maximum Gasteiger partial charge on any atom is 0.0208 e. The first-order valence-corrected chi connectivity index (χ1v) is 6.20. The van der Waals surface area contributed by atoms with Crippen LogP contribution in [0.1, 0.15) is 66.2 Å². The van der Waals surface area contributed by atoms with Crippen LogP contribution < -0.4 is 5.73 Å². The van der Waals surface area contributed by atoms with Gasteiger partial charge < -0.3 is 5.73 Å². The van der Waals surface area contributed by atoms with Crippen molar-refractivity contribution in [1.82, 2.24) is 0 Å². The first-order valence-electron chi connectivity index (χ1n) is 6.20. The van der Waals surface area contributed by atoms with Crippen LogP contribution >= 0.6 is 0 Å². The van der Waals surface area contributed by atoms with Crippen LogP contribution in [0.2, 0.25) is 0 Å². The first-order chi connectivity index (χ1) is 6.41. The third-order valence-corrected chi connectivity index (χ3v) is 4.43. The average Bonchev–Trinajstić information content (AvgIpc) is 2.10. The van der Waals surface area contributed by atoms with Crippen molar-refractivity contribution in [2.24, 2.45) is 17.1 Å². The molecule has 0 saturated heterocycles. The maximum absolute atomic E-state index is 6.61. The summed E-state index contributed by atoms with van der Waals surface area (Å²) in [7, 11) is 0. The predicted octanol–water partition coefficient (Wildman–Crippen LogP) is 3.72. The van der Waals surface area contributed by atoms with Crippen molar-refractivity contribution >= 4 is 0 Å². The summed E-state index contributed by atoms with van der Waals surface area (Å²) in [5, 5.41) is 0. The lowest BCUT2D eigenvalue weighted by Crippen LogP contribution is -2.55. The Labute approximate surface area is 89.5 Å². The largest absolute Gasteiger partial charge is 0.325 e. The highest BCUT2D eigenvalue weighted by Gasteiger charge is 2.43. The molecule has 1 saturated carbocycles. The minimum Gasteiger partial charge on any atom is -0.325 e. The zero-order valence-corrected chi connectivity index (χ0v) is 10.4. The van der Waals surface area contributed by atoms with E-state index >= 15 is 0 Å². The normalized spacial score (nSPS) is 34.1. The summed E-state index contributed by atoms with van der Waals surface area (Å²) in [4.78, 5) is 0. The molecule has 0 radical (unpaired) electrons. The Kier molecular flexibility index (Phi) is 3.63. The first kappa shape index (κ1) is 12.0. The topological polar surface area (TPSA) is 26.0 Å². The summed E-state index contributed by atoms with van der Waals surface area (Å²) in [6, 6.07) is 0. The summed E-state index contributed by atoms with van der Waals surface area (Å²) in [6.45, 7) is 9.31. The van der Waals surface area contributed by atoms with E-state index in [2.05, 4.69) is 27.7 Å². The fourth-order valence-corrected chi connectivity index (χ4v) is 2.74. The lowest BCUT2D eigenvalue weighted by molar-refractivity contribution is 0.0760. The van der Waals surface area contributed by atoms with Crippen LogP contribution in [-0.2, 0) is 0 Å². The summed E-state index contributed by atoms with van der Waals surface area (Å²) in [5.74, 6) is 0.775. The maximum atomic E-state index is 6.61. The molecule has 84 valence electrons. The third kappa shape index (κ3) is 2.31. The van der Waals surface area contributed by atoms with Gasteiger partial charge in [0, 0.05) is 5.54 Å². The number of hydrogen-bond acceptors (Lipinski definition) is 1. The molecule has 2 atom stereocenters. The lowest BCUT2D eigenvalue weighted by atomic mass is 9.61. The highest BCUT2D eigenvalue weighted by molar-refractivity contribution is 5.00. The highest BCUT2D eigenvalue weighted by atomic mass is 14.8. The van der Waals surface area contributed by atoms with E-state index in [1.807, 2.05) is 0 Å². The van der Waals surface area contributed by atoms with Gasteiger partial charge in [0.25, 0.3) is 0 Å². The molecule has 0 bridgehead atoms. The molecule has 1 nitrogen and oxygen atoms in total. The van der Waals surface area contributed by atoms with E-state index in [-0.39, 0.29) is 5.54 Å². The van der Waals surface area contributed by atoms with Gasteiger partial charge in [0.2, 0.25) is 0 Å². The van der Waals surface area contributed by atoms with E-state index in [4.69, 9.17) is 5.73 Å². The summed E-state index contributed by atoms with van der Waals surface area (Å²) in [6.07, 6.45) is 7.69. The van der Waals surface area contributed by atoms with E-state index in [9.17, 15) is 0 Å². The molecule has 0 spiro atoms. The van der Waals surface area contributed by atoms with Crippen molar-refractivity contribution in [2.45, 2.75) is 71.8 Å². The van der Waals surface area contributed by atoms with Gasteiger partial charge in [-0.25, -0.2) is 0 Å². The molecule has 1 rings (SSSR count). The molecule has 1 heteroatoms. The van der Waals surface area contributed by atoms with Gasteiger partial charge in [0.05, 0.1) is 0 Å². The third-order valence-electron chi connectivity index (χ3n) is 4.43. The molecular formula is C13H27N. The van der Waals surface area contributed by atoms with E-state index < -0.39 is 0 Å². The zero-order valence-electron chi connectivity index (χ0n) is 10.4.